The predicted molar refractivity (Wildman–Crippen MR) is 242 cm³/mol. The van der Waals surface area contributed by atoms with Gasteiger partial charge in [-0.1, -0.05) is 102 Å². The summed E-state index contributed by atoms with van der Waals surface area (Å²) in [6, 6.07) is 9.99. The van der Waals surface area contributed by atoms with Crippen LogP contribution >= 0.6 is 0 Å². The minimum atomic E-state index is -1.22. The summed E-state index contributed by atoms with van der Waals surface area (Å²) in [5.74, 6) is -6.19. The molecule has 0 aliphatic carbocycles. The molecule has 0 aliphatic rings. The number of carboxylic acids is 1. The molecule has 1 aromatic heterocycles. The smallest absolute Gasteiger partial charge is 0.326 e. The van der Waals surface area contributed by atoms with Gasteiger partial charge in [0.05, 0.1) is 12.4 Å². The minimum absolute atomic E-state index is 0.0285. The Morgan fingerprint density at radius 2 is 1.05 bits per heavy atom. The summed E-state index contributed by atoms with van der Waals surface area (Å²) in [5.41, 5.74) is 14.0. The summed E-state index contributed by atoms with van der Waals surface area (Å²) in [4.78, 5) is 102. The highest BCUT2D eigenvalue weighted by Gasteiger charge is 2.36. The second-order valence-corrected chi connectivity index (χ2v) is 17.2. The van der Waals surface area contributed by atoms with Crippen molar-refractivity contribution in [2.24, 2.45) is 29.2 Å². The summed E-state index contributed by atoms with van der Waals surface area (Å²) in [7, 11) is 0. The van der Waals surface area contributed by atoms with E-state index in [1.807, 2.05) is 26.0 Å². The van der Waals surface area contributed by atoms with E-state index in [2.05, 4.69) is 41.9 Å². The first kappa shape index (κ1) is 52.2. The fourth-order valence-corrected chi connectivity index (χ4v) is 6.95. The molecule has 18 nitrogen and oxygen atoms in total. The van der Waals surface area contributed by atoms with Crippen molar-refractivity contribution in [1.29, 1.82) is 0 Å². The summed E-state index contributed by atoms with van der Waals surface area (Å²) < 4.78 is 0. The summed E-state index contributed by atoms with van der Waals surface area (Å²) >= 11 is 0. The van der Waals surface area contributed by atoms with E-state index in [9.17, 15) is 38.7 Å². The number of amides is 6. The van der Waals surface area contributed by atoms with Crippen molar-refractivity contribution in [3.8, 4) is 0 Å². The maximum absolute atomic E-state index is 14.3. The number of carbonyl (C=O) groups excluding carboxylic acids is 6. The van der Waals surface area contributed by atoms with Crippen LogP contribution in [-0.2, 0) is 52.8 Å². The number of unbranched alkanes of at least 4 members (excludes halogenated alkanes) is 1. The monoisotopic (exact) mass is 889 g/mol. The minimum Gasteiger partial charge on any atom is -0.480 e. The van der Waals surface area contributed by atoms with Gasteiger partial charge in [-0.15, -0.1) is 0 Å². The van der Waals surface area contributed by atoms with Crippen LogP contribution in [0.4, 0.5) is 0 Å². The van der Waals surface area contributed by atoms with E-state index >= 15 is 0 Å². The Hall–Kier alpha value is -6.14. The van der Waals surface area contributed by atoms with E-state index in [0.29, 0.717) is 30.6 Å². The molecular formula is C46H68N10O8. The van der Waals surface area contributed by atoms with Crippen molar-refractivity contribution >= 4 is 41.4 Å². The fourth-order valence-electron chi connectivity index (χ4n) is 6.95. The lowest BCUT2D eigenvalue weighted by atomic mass is 9.97. The van der Waals surface area contributed by atoms with Crippen molar-refractivity contribution < 1.29 is 38.7 Å². The molecule has 12 N–H and O–H groups in total. The third-order valence-corrected chi connectivity index (χ3v) is 10.6. The Kier molecular flexibility index (Phi) is 21.6. The number of aromatic nitrogens is 2. The number of imidazole rings is 1. The molecule has 0 bridgehead atoms. The van der Waals surface area contributed by atoms with Gasteiger partial charge in [0.2, 0.25) is 35.4 Å². The lowest BCUT2D eigenvalue weighted by molar-refractivity contribution is -0.143. The van der Waals surface area contributed by atoms with Crippen molar-refractivity contribution in [2.45, 2.75) is 129 Å². The van der Waals surface area contributed by atoms with E-state index in [-0.39, 0.29) is 38.0 Å². The van der Waals surface area contributed by atoms with Crippen molar-refractivity contribution in [3.63, 3.8) is 0 Å². The van der Waals surface area contributed by atoms with Gasteiger partial charge in [0.25, 0.3) is 0 Å². The van der Waals surface area contributed by atoms with Crippen molar-refractivity contribution in [1.82, 2.24) is 41.9 Å². The molecule has 0 aliphatic heterocycles. The van der Waals surface area contributed by atoms with Gasteiger partial charge in [0.1, 0.15) is 36.3 Å². The summed E-state index contributed by atoms with van der Waals surface area (Å²) in [6.07, 6.45) is 4.65. The topological polar surface area (TPSA) is 293 Å². The normalized spacial score (nSPS) is 14.6. The van der Waals surface area contributed by atoms with Gasteiger partial charge in [-0.2, -0.15) is 0 Å². The number of carbonyl (C=O) groups is 7. The number of aromatic amines is 1. The highest BCUT2D eigenvalue weighted by atomic mass is 16.4. The molecule has 7 atom stereocenters. The van der Waals surface area contributed by atoms with Crippen LogP contribution in [0.25, 0.3) is 0 Å². The average molecular weight is 889 g/mol. The van der Waals surface area contributed by atoms with Gasteiger partial charge in [-0.3, -0.25) is 28.8 Å². The van der Waals surface area contributed by atoms with Gasteiger partial charge < -0.3 is 53.5 Å². The fraction of sp³-hybridized carbons (Fsp3) is 0.522. The first-order valence-corrected chi connectivity index (χ1v) is 22.0. The maximum Gasteiger partial charge on any atom is 0.326 e. The molecule has 3 aromatic rings. The number of carboxylic acid groups (broad SMARTS) is 1. The number of hydrogen-bond acceptors (Lipinski definition) is 10. The second-order valence-electron chi connectivity index (χ2n) is 17.2. The number of benzene rings is 2. The van der Waals surface area contributed by atoms with Crippen LogP contribution in [0, 0.1) is 17.8 Å². The number of aliphatic carboxylic acids is 1. The first-order chi connectivity index (χ1) is 30.4. The molecule has 0 unspecified atom stereocenters. The van der Waals surface area contributed by atoms with Crippen LogP contribution in [0.1, 0.15) is 84.0 Å². The number of nitrogens with zero attached hydrogens (tertiary/aromatic N) is 1. The molecule has 0 spiro atoms. The SMILES string of the molecule is CC(C)C[C@@H](NC(=O)[C@@H](CCCCN)NC(=O)[C@H](NC(=O)[C@H](NC(=O)[C@@H](Cc1ccccc1)NC(=O)[C@@H](Cc1ccccc1)NC(=O)[C@H](N)Cc1cnc[nH]1)C(C)C)C(C)C)C(=O)O. The van der Waals surface area contributed by atoms with Crippen LogP contribution in [0.2, 0.25) is 0 Å². The van der Waals surface area contributed by atoms with Gasteiger partial charge in [0.15, 0.2) is 0 Å². The zero-order valence-electron chi connectivity index (χ0n) is 37.8. The molecular weight excluding hydrogens is 821 g/mol. The van der Waals surface area contributed by atoms with Gasteiger partial charge in [-0.05, 0) is 61.1 Å². The number of rotatable bonds is 27. The van der Waals surface area contributed by atoms with Gasteiger partial charge >= 0.3 is 5.97 Å². The Labute approximate surface area is 375 Å². The van der Waals surface area contributed by atoms with Crippen LogP contribution < -0.4 is 43.4 Å². The second kappa shape index (κ2) is 26.5. The van der Waals surface area contributed by atoms with Crippen LogP contribution in [-0.4, -0.2) is 105 Å². The Balaban J connectivity index is 1.85. The number of hydrogen-bond donors (Lipinski definition) is 10. The lowest BCUT2D eigenvalue weighted by Crippen LogP contribution is -2.61. The van der Waals surface area contributed by atoms with Gasteiger partial charge in [-0.25, -0.2) is 9.78 Å². The van der Waals surface area contributed by atoms with E-state index < -0.39 is 95.5 Å². The Morgan fingerprint density at radius 3 is 1.52 bits per heavy atom. The average Bonchev–Trinajstić information content (AvgIpc) is 3.76. The summed E-state index contributed by atoms with van der Waals surface area (Å²) in [6.45, 7) is 10.9. The summed E-state index contributed by atoms with van der Waals surface area (Å²) in [5, 5.41) is 26.1. The van der Waals surface area contributed by atoms with Crippen LogP contribution in [0.5, 0.6) is 0 Å². The lowest BCUT2D eigenvalue weighted by Gasteiger charge is -2.30. The van der Waals surface area contributed by atoms with Gasteiger partial charge in [0, 0.05) is 31.2 Å². The Bertz CT molecular complexity index is 1950. The molecule has 6 amide bonds. The predicted octanol–water partition coefficient (Wildman–Crippen LogP) is 1.25. The van der Waals surface area contributed by atoms with E-state index in [0.717, 1.165) is 5.56 Å². The highest BCUT2D eigenvalue weighted by molar-refractivity contribution is 5.97. The van der Waals surface area contributed by atoms with Crippen LogP contribution in [0.3, 0.4) is 0 Å². The third kappa shape index (κ3) is 17.6. The molecule has 3 rings (SSSR count). The molecule has 0 fully saturated rings. The number of nitrogens with one attached hydrogen (secondary N) is 7. The number of nitrogens with two attached hydrogens (primary N) is 2. The van der Waals surface area contributed by atoms with E-state index in [1.54, 1.807) is 82.4 Å². The molecule has 0 saturated heterocycles. The van der Waals surface area contributed by atoms with Crippen molar-refractivity contribution in [3.05, 3.63) is 90.0 Å². The zero-order valence-corrected chi connectivity index (χ0v) is 37.8. The molecule has 0 saturated carbocycles. The largest absolute Gasteiger partial charge is 0.480 e. The highest BCUT2D eigenvalue weighted by Crippen LogP contribution is 2.13. The Morgan fingerprint density at radius 1 is 0.594 bits per heavy atom. The number of H-pyrrole nitrogens is 1. The van der Waals surface area contributed by atoms with Crippen LogP contribution in [0.15, 0.2) is 73.2 Å². The van der Waals surface area contributed by atoms with E-state index in [4.69, 9.17) is 11.5 Å². The molecule has 64 heavy (non-hydrogen) atoms. The molecule has 1 heterocycles. The zero-order chi connectivity index (χ0) is 47.3. The van der Waals surface area contributed by atoms with Crippen molar-refractivity contribution in [2.75, 3.05) is 6.54 Å². The molecule has 350 valence electrons. The third-order valence-electron chi connectivity index (χ3n) is 10.6. The quantitative estimate of drug-likeness (QED) is 0.0486. The molecule has 0 radical (unpaired) electrons. The van der Waals surface area contributed by atoms with E-state index in [1.165, 1.54) is 6.33 Å². The molecule has 2 aromatic carbocycles. The standard InChI is InChI=1S/C46H68N10O8/c1-27(2)21-37(46(63)64)54-41(58)34(19-13-14-20-47)51-44(61)38(28(3)4)56-45(62)39(29(5)6)55-43(60)36(23-31-17-11-8-12-18-31)53-42(59)35(22-30-15-9-7-10-16-30)52-40(57)33(48)24-32-25-49-26-50-32/h7-12,15-18,25-29,33-39H,13-14,19-24,47-48H2,1-6H3,(H,49,50)(H,51,61)(H,52,57)(H,53,59)(H,54,58)(H,55,60)(H,56,62)(H,63,64)/t33-,34-,35-,36-,37-,38-,39-/m1/s1. The first-order valence-electron chi connectivity index (χ1n) is 22.0. The molecule has 18 heteroatoms. The maximum atomic E-state index is 14.3.